The summed E-state index contributed by atoms with van der Waals surface area (Å²) in [7, 11) is -4.79. The molecule has 47 heavy (non-hydrogen) atoms. The van der Waals surface area contributed by atoms with E-state index in [4.69, 9.17) is 13.9 Å². The summed E-state index contributed by atoms with van der Waals surface area (Å²) >= 11 is 0. The van der Waals surface area contributed by atoms with Crippen LogP contribution in [0.25, 0.3) is 11.6 Å². The van der Waals surface area contributed by atoms with E-state index in [0.29, 0.717) is 5.56 Å². The van der Waals surface area contributed by atoms with Gasteiger partial charge in [-0.2, -0.15) is 26.3 Å². The average Bonchev–Trinajstić information content (AvgIpc) is 3.45. The van der Waals surface area contributed by atoms with Crippen LogP contribution in [0.5, 0.6) is 0 Å². The van der Waals surface area contributed by atoms with E-state index >= 15 is 0 Å². The van der Waals surface area contributed by atoms with E-state index in [9.17, 15) is 39.6 Å². The van der Waals surface area contributed by atoms with Crippen molar-refractivity contribution in [3.8, 4) is 11.6 Å². The Hall–Kier alpha value is -4.25. The van der Waals surface area contributed by atoms with Gasteiger partial charge >= 0.3 is 18.4 Å². The van der Waals surface area contributed by atoms with Gasteiger partial charge in [0.15, 0.2) is 20.6 Å². The summed E-state index contributed by atoms with van der Waals surface area (Å²) in [5.41, 5.74) is -7.50. The lowest BCUT2D eigenvalue weighted by molar-refractivity contribution is -0.295. The molecule has 17 heteroatoms. The lowest BCUT2D eigenvalue weighted by Gasteiger charge is -2.31. The second-order valence-corrected chi connectivity index (χ2v) is 13.1. The highest BCUT2D eigenvalue weighted by molar-refractivity contribution is 7.91. The Balaban J connectivity index is 2.30. The van der Waals surface area contributed by atoms with E-state index in [1.165, 1.54) is 45.9 Å². The van der Waals surface area contributed by atoms with Crippen LogP contribution in [0.15, 0.2) is 70.6 Å². The first kappa shape index (κ1) is 37.2. The largest absolute Gasteiger partial charge is 0.444 e. The topological polar surface area (TPSA) is 134 Å². The van der Waals surface area contributed by atoms with Crippen molar-refractivity contribution in [3.05, 3.63) is 78.2 Å². The van der Waals surface area contributed by atoms with Crippen molar-refractivity contribution < 1.29 is 53.4 Å². The van der Waals surface area contributed by atoms with Gasteiger partial charge in [0.25, 0.3) is 11.8 Å². The number of benzene rings is 1. The van der Waals surface area contributed by atoms with Crippen LogP contribution in [0.3, 0.4) is 0 Å². The number of amides is 1. The molecule has 3 rings (SSSR count). The third-order valence-electron chi connectivity index (χ3n) is 6.21. The van der Waals surface area contributed by atoms with Crippen LogP contribution in [0.1, 0.15) is 57.6 Å². The number of pyridine rings is 1. The molecule has 2 heterocycles. The van der Waals surface area contributed by atoms with Crippen LogP contribution in [-0.2, 0) is 37.7 Å². The highest BCUT2D eigenvalue weighted by Gasteiger charge is 2.61. The number of nitrogens with zero attached hydrogens (tertiary/aromatic N) is 3. The number of rotatable bonds is 12. The van der Waals surface area contributed by atoms with Gasteiger partial charge in [0.2, 0.25) is 5.60 Å². The molecule has 1 aromatic carbocycles. The molecule has 0 saturated carbocycles. The summed E-state index contributed by atoms with van der Waals surface area (Å²) in [4.78, 5) is 16.3. The first-order valence-corrected chi connectivity index (χ1v) is 15.6. The van der Waals surface area contributed by atoms with Crippen molar-refractivity contribution in [2.75, 3.05) is 11.1 Å². The van der Waals surface area contributed by atoms with Crippen molar-refractivity contribution >= 4 is 21.6 Å². The van der Waals surface area contributed by atoms with Gasteiger partial charge < -0.3 is 13.9 Å². The van der Waals surface area contributed by atoms with Crippen LogP contribution in [0.2, 0.25) is 0 Å². The molecule has 1 amide bonds. The Morgan fingerprint density at radius 3 is 2.28 bits per heavy atom. The smallest absolute Gasteiger partial charge is 0.426 e. The fourth-order valence-corrected chi connectivity index (χ4v) is 5.43. The Labute approximate surface area is 266 Å². The number of aromatic nitrogens is 3. The quantitative estimate of drug-likeness (QED) is 0.149. The van der Waals surface area contributed by atoms with Crippen molar-refractivity contribution in [1.82, 2.24) is 15.2 Å². The maximum Gasteiger partial charge on any atom is 0.426 e. The Bertz CT molecular complexity index is 1700. The second-order valence-electron chi connectivity index (χ2n) is 11.0. The predicted octanol–water partition coefficient (Wildman–Crippen LogP) is 7.79. The molecular weight excluding hydrogens is 658 g/mol. The van der Waals surface area contributed by atoms with Crippen LogP contribution in [0, 0.1) is 0 Å². The molecule has 0 aliphatic rings. The molecule has 256 valence electrons. The van der Waals surface area contributed by atoms with Gasteiger partial charge in [-0.1, -0.05) is 48.6 Å². The van der Waals surface area contributed by atoms with Gasteiger partial charge in [0, 0.05) is 6.42 Å². The number of carbonyl (C=O) groups is 1. The monoisotopic (exact) mass is 690 g/mol. The van der Waals surface area contributed by atoms with Crippen LogP contribution < -0.4 is 5.32 Å². The predicted molar refractivity (Wildman–Crippen MR) is 158 cm³/mol. The fourth-order valence-electron chi connectivity index (χ4n) is 4.02. The highest BCUT2D eigenvalue weighted by atomic mass is 32.2. The molecule has 0 aliphatic carbocycles. The van der Waals surface area contributed by atoms with Crippen LogP contribution in [0.4, 0.5) is 36.8 Å². The van der Waals surface area contributed by atoms with Crippen molar-refractivity contribution in [2.24, 2.45) is 0 Å². The van der Waals surface area contributed by atoms with Crippen LogP contribution in [-0.4, -0.2) is 47.2 Å². The molecule has 0 aliphatic heterocycles. The van der Waals surface area contributed by atoms with Crippen molar-refractivity contribution in [2.45, 2.75) is 75.7 Å². The summed E-state index contributed by atoms with van der Waals surface area (Å²) in [6.07, 6.45) is -9.28. The molecule has 2 aromatic heterocycles. The molecule has 0 bridgehead atoms. The van der Waals surface area contributed by atoms with Crippen molar-refractivity contribution in [1.29, 1.82) is 0 Å². The van der Waals surface area contributed by atoms with Gasteiger partial charge in [0.05, 0.1) is 23.6 Å². The van der Waals surface area contributed by atoms with Gasteiger partial charge in [-0.3, -0.25) is 5.32 Å². The van der Waals surface area contributed by atoms with Gasteiger partial charge in [0.1, 0.15) is 5.60 Å². The number of halogens is 6. The number of hydrogen-bond acceptors (Lipinski definition) is 9. The number of alkyl halides is 6. The zero-order chi connectivity index (χ0) is 35.3. The lowest BCUT2D eigenvalue weighted by atomic mass is 9.97. The molecule has 3 aromatic rings. The van der Waals surface area contributed by atoms with E-state index in [2.05, 4.69) is 21.8 Å². The van der Waals surface area contributed by atoms with Crippen LogP contribution >= 0.6 is 0 Å². The van der Waals surface area contributed by atoms with Gasteiger partial charge in [-0.05, 0) is 45.7 Å². The average molecular weight is 691 g/mol. The number of sulfone groups is 1. The molecule has 0 saturated heterocycles. The first-order valence-electron chi connectivity index (χ1n) is 13.9. The van der Waals surface area contributed by atoms with E-state index in [-0.39, 0.29) is 12.5 Å². The highest BCUT2D eigenvalue weighted by Crippen LogP contribution is 2.46. The molecule has 1 unspecified atom stereocenters. The number of hydrogen-bond donors (Lipinski definition) is 1. The minimum Gasteiger partial charge on any atom is -0.444 e. The van der Waals surface area contributed by atoms with E-state index < -0.39 is 92.0 Å². The number of anilines is 1. The van der Waals surface area contributed by atoms with Gasteiger partial charge in [-0.15, -0.1) is 16.8 Å². The normalized spacial score (nSPS) is 14.2. The molecule has 0 radical (unpaired) electrons. The Morgan fingerprint density at radius 2 is 1.72 bits per heavy atom. The van der Waals surface area contributed by atoms with E-state index in [1.807, 2.05) is 5.32 Å². The number of allylic oxidation sites excluding steroid dienone is 2. The lowest BCUT2D eigenvalue weighted by Crippen LogP contribution is -2.45. The van der Waals surface area contributed by atoms with Crippen molar-refractivity contribution in [3.63, 3.8) is 0 Å². The SMILES string of the molecule is C=CCCS(=O)(=O)c1nc(-c2nnc(C(CC=CC)(OCc3ccccc3)C(F)(F)F)o2)c(NC(=O)OC(C)(C)C)cc1C(F)(F)F. The van der Waals surface area contributed by atoms with E-state index in [1.54, 1.807) is 18.2 Å². The molecule has 0 spiro atoms. The second kappa shape index (κ2) is 14.3. The Morgan fingerprint density at radius 1 is 1.06 bits per heavy atom. The first-order chi connectivity index (χ1) is 21.7. The zero-order valence-electron chi connectivity index (χ0n) is 25.7. The zero-order valence-corrected chi connectivity index (χ0v) is 26.5. The summed E-state index contributed by atoms with van der Waals surface area (Å²) < 4.78 is 129. The Kier molecular flexibility index (Phi) is 11.3. The number of nitrogens with one attached hydrogen (secondary N) is 1. The fraction of sp³-hybridized carbons (Fsp3) is 0.400. The maximum atomic E-state index is 14.8. The molecule has 10 nitrogen and oxygen atoms in total. The third kappa shape index (κ3) is 9.18. The standard InChI is InChI=1S/C30H32F6N4O6S/c1-6-8-15-28(30(34,35)36,44-18-19-13-11-10-12-14-19)25-40-39-23(45-25)22-21(37-26(41)46-27(3,4)5)17-20(29(31,32)33)24(38-22)47(42,43)16-9-7-2/h6-8,10-14,17H,2,9,15-16,18H2,1,3-5H3,(H,37,41). The maximum absolute atomic E-state index is 14.8. The summed E-state index contributed by atoms with van der Waals surface area (Å²) in [5.74, 6) is -2.94. The minimum atomic E-state index is -5.31. The molecular formula is C30H32F6N4O6S. The summed E-state index contributed by atoms with van der Waals surface area (Å²) in [6, 6.07) is 8.11. The van der Waals surface area contributed by atoms with Gasteiger partial charge in [-0.25, -0.2) is 18.2 Å². The molecule has 0 fully saturated rings. The minimum absolute atomic E-state index is 0.250. The number of carbonyl (C=O) groups excluding carboxylic acids is 1. The number of ether oxygens (including phenoxy) is 2. The third-order valence-corrected chi connectivity index (χ3v) is 7.89. The summed E-state index contributed by atoms with van der Waals surface area (Å²) in [6.45, 7) is 8.65. The molecule has 1 N–H and O–H groups in total. The summed E-state index contributed by atoms with van der Waals surface area (Å²) in [5, 5.41) is 7.66. The molecule has 1 atom stereocenters. The van der Waals surface area contributed by atoms with E-state index in [0.717, 1.165) is 12.2 Å².